The van der Waals surface area contributed by atoms with E-state index in [1.807, 2.05) is 7.05 Å². The molecule has 1 aromatic carbocycles. The molecule has 26 heavy (non-hydrogen) atoms. The highest BCUT2D eigenvalue weighted by Crippen LogP contribution is 2.36. The van der Waals surface area contributed by atoms with Crippen LogP contribution in [0.1, 0.15) is 31.7 Å². The number of likely N-dealkylation sites (tertiary alicyclic amines) is 1. The molecule has 8 heteroatoms. The number of nitrogens with one attached hydrogen (secondary N) is 1. The first kappa shape index (κ1) is 22.6. The van der Waals surface area contributed by atoms with Gasteiger partial charge in [0.25, 0.3) is 5.91 Å². The number of benzene rings is 1. The summed E-state index contributed by atoms with van der Waals surface area (Å²) in [5.41, 5.74) is -0.861. The van der Waals surface area contributed by atoms with Gasteiger partial charge in [-0.05, 0) is 57.8 Å². The van der Waals surface area contributed by atoms with Crippen molar-refractivity contribution in [2.45, 2.75) is 38.5 Å². The minimum Gasteiger partial charge on any atom is -0.480 e. The van der Waals surface area contributed by atoms with E-state index < -0.39 is 17.8 Å². The highest BCUT2D eigenvalue weighted by atomic mass is 35.5. The van der Waals surface area contributed by atoms with E-state index in [2.05, 4.69) is 5.32 Å². The molecule has 0 spiro atoms. The zero-order valence-electron chi connectivity index (χ0n) is 15.0. The number of hydrogen-bond acceptors (Lipinski definition) is 3. The number of halogens is 4. The number of rotatable bonds is 6. The topological polar surface area (TPSA) is 41.6 Å². The van der Waals surface area contributed by atoms with Crippen LogP contribution in [0.5, 0.6) is 5.75 Å². The van der Waals surface area contributed by atoms with Gasteiger partial charge in [-0.1, -0.05) is 12.1 Å². The minimum absolute atomic E-state index is 0. The van der Waals surface area contributed by atoms with Crippen molar-refractivity contribution in [3.63, 3.8) is 0 Å². The van der Waals surface area contributed by atoms with Crippen LogP contribution in [0.4, 0.5) is 13.2 Å². The maximum Gasteiger partial charge on any atom is 0.419 e. The number of piperidine rings is 1. The lowest BCUT2D eigenvalue weighted by Gasteiger charge is -2.33. The van der Waals surface area contributed by atoms with Crippen molar-refractivity contribution in [2.75, 3.05) is 26.7 Å². The van der Waals surface area contributed by atoms with Gasteiger partial charge in [-0.15, -0.1) is 12.4 Å². The zero-order chi connectivity index (χ0) is 18.4. The summed E-state index contributed by atoms with van der Waals surface area (Å²) in [5, 5.41) is 3.12. The van der Waals surface area contributed by atoms with E-state index in [1.54, 1.807) is 4.90 Å². The normalized spacial score (nSPS) is 16.7. The zero-order valence-corrected chi connectivity index (χ0v) is 15.8. The van der Waals surface area contributed by atoms with E-state index in [9.17, 15) is 18.0 Å². The SMILES string of the molecule is CNCCC1CCN(C(=O)C(C)Oc2ccccc2C(F)(F)F)CC1.Cl. The third-order valence-corrected chi connectivity index (χ3v) is 4.57. The maximum atomic E-state index is 13.0. The molecule has 1 heterocycles. The average Bonchev–Trinajstić information content (AvgIpc) is 2.59. The van der Waals surface area contributed by atoms with Crippen LogP contribution in [0.2, 0.25) is 0 Å². The molecule has 1 amide bonds. The molecule has 4 nitrogen and oxygen atoms in total. The van der Waals surface area contributed by atoms with Gasteiger partial charge in [0.1, 0.15) is 5.75 Å². The first-order valence-corrected chi connectivity index (χ1v) is 8.59. The number of ether oxygens (including phenoxy) is 1. The molecular weight excluding hydrogens is 369 g/mol. The molecule has 1 N–H and O–H groups in total. The molecule has 1 saturated heterocycles. The second kappa shape index (κ2) is 10.0. The molecule has 1 aliphatic rings. The predicted molar refractivity (Wildman–Crippen MR) is 96.6 cm³/mol. The van der Waals surface area contributed by atoms with E-state index in [1.165, 1.54) is 25.1 Å². The summed E-state index contributed by atoms with van der Waals surface area (Å²) >= 11 is 0. The molecular formula is C18H26ClF3N2O2. The number of hydrogen-bond donors (Lipinski definition) is 1. The highest BCUT2D eigenvalue weighted by Gasteiger charge is 2.35. The Labute approximate surface area is 158 Å². The van der Waals surface area contributed by atoms with Gasteiger partial charge in [0, 0.05) is 13.1 Å². The van der Waals surface area contributed by atoms with Crippen LogP contribution in [-0.2, 0) is 11.0 Å². The van der Waals surface area contributed by atoms with Gasteiger partial charge in [-0.25, -0.2) is 0 Å². The summed E-state index contributed by atoms with van der Waals surface area (Å²) in [4.78, 5) is 14.2. The second-order valence-electron chi connectivity index (χ2n) is 6.41. The van der Waals surface area contributed by atoms with E-state index >= 15 is 0 Å². The van der Waals surface area contributed by atoms with Gasteiger partial charge >= 0.3 is 6.18 Å². The Morgan fingerprint density at radius 2 is 1.92 bits per heavy atom. The van der Waals surface area contributed by atoms with Gasteiger partial charge in [0.05, 0.1) is 5.56 Å². The molecule has 1 aliphatic heterocycles. The molecule has 0 radical (unpaired) electrons. The number of para-hydroxylation sites is 1. The smallest absolute Gasteiger partial charge is 0.419 e. The van der Waals surface area contributed by atoms with E-state index in [0.717, 1.165) is 31.9 Å². The average molecular weight is 395 g/mol. The summed E-state index contributed by atoms with van der Waals surface area (Å²) in [7, 11) is 1.91. The van der Waals surface area contributed by atoms with Gasteiger partial charge in [-0.3, -0.25) is 4.79 Å². The van der Waals surface area contributed by atoms with Crippen LogP contribution in [0.3, 0.4) is 0 Å². The molecule has 1 atom stereocenters. The summed E-state index contributed by atoms with van der Waals surface area (Å²) in [5.74, 6) is 0.0162. The van der Waals surface area contributed by atoms with Crippen molar-refractivity contribution < 1.29 is 22.7 Å². The molecule has 0 saturated carbocycles. The first-order chi connectivity index (χ1) is 11.8. The van der Waals surface area contributed by atoms with Crippen LogP contribution in [-0.4, -0.2) is 43.6 Å². The lowest BCUT2D eigenvalue weighted by molar-refractivity contribution is -0.144. The number of alkyl halides is 3. The Balaban J connectivity index is 0.00000338. The van der Waals surface area contributed by atoms with Crippen molar-refractivity contribution in [1.82, 2.24) is 10.2 Å². The molecule has 0 aromatic heterocycles. The fraction of sp³-hybridized carbons (Fsp3) is 0.611. The minimum atomic E-state index is -4.51. The number of carbonyl (C=O) groups is 1. The molecule has 1 fully saturated rings. The fourth-order valence-electron chi connectivity index (χ4n) is 3.09. The van der Waals surface area contributed by atoms with Gasteiger partial charge in [0.15, 0.2) is 6.10 Å². The Morgan fingerprint density at radius 3 is 2.50 bits per heavy atom. The lowest BCUT2D eigenvalue weighted by atomic mass is 9.93. The van der Waals surface area contributed by atoms with Crippen LogP contribution in [0.15, 0.2) is 24.3 Å². The first-order valence-electron chi connectivity index (χ1n) is 8.59. The Kier molecular flexibility index (Phi) is 8.70. The predicted octanol–water partition coefficient (Wildman–Crippen LogP) is 3.74. The van der Waals surface area contributed by atoms with Gasteiger partial charge in [-0.2, -0.15) is 13.2 Å². The Morgan fingerprint density at radius 1 is 1.31 bits per heavy atom. The van der Waals surface area contributed by atoms with Crippen molar-refractivity contribution in [1.29, 1.82) is 0 Å². The van der Waals surface area contributed by atoms with Crippen molar-refractivity contribution >= 4 is 18.3 Å². The summed E-state index contributed by atoms with van der Waals surface area (Å²) in [6.45, 7) is 3.71. The second-order valence-corrected chi connectivity index (χ2v) is 6.41. The van der Waals surface area contributed by atoms with Crippen LogP contribution >= 0.6 is 12.4 Å². The molecule has 0 bridgehead atoms. The van der Waals surface area contributed by atoms with E-state index in [4.69, 9.17) is 4.74 Å². The number of amides is 1. The Hall–Kier alpha value is -1.47. The largest absolute Gasteiger partial charge is 0.480 e. The number of carbonyl (C=O) groups excluding carboxylic acids is 1. The number of nitrogens with zero attached hydrogens (tertiary/aromatic N) is 1. The molecule has 148 valence electrons. The third kappa shape index (κ3) is 6.06. The van der Waals surface area contributed by atoms with E-state index in [-0.39, 0.29) is 24.1 Å². The fourth-order valence-corrected chi connectivity index (χ4v) is 3.09. The molecule has 1 unspecified atom stereocenters. The van der Waals surface area contributed by atoms with Crippen LogP contribution in [0.25, 0.3) is 0 Å². The third-order valence-electron chi connectivity index (χ3n) is 4.57. The molecule has 1 aromatic rings. The van der Waals surface area contributed by atoms with Crippen molar-refractivity contribution in [3.8, 4) is 5.75 Å². The van der Waals surface area contributed by atoms with Crippen LogP contribution in [0, 0.1) is 5.92 Å². The summed E-state index contributed by atoms with van der Waals surface area (Å²) < 4.78 is 44.4. The summed E-state index contributed by atoms with van der Waals surface area (Å²) in [6.07, 6.45) is -2.55. The quantitative estimate of drug-likeness (QED) is 0.799. The lowest BCUT2D eigenvalue weighted by Crippen LogP contribution is -2.45. The Bertz CT molecular complexity index is 576. The van der Waals surface area contributed by atoms with Crippen LogP contribution < -0.4 is 10.1 Å². The molecule has 0 aliphatic carbocycles. The molecule has 2 rings (SSSR count). The monoisotopic (exact) mass is 394 g/mol. The van der Waals surface area contributed by atoms with Gasteiger partial charge < -0.3 is 15.0 Å². The maximum absolute atomic E-state index is 13.0. The van der Waals surface area contributed by atoms with E-state index in [0.29, 0.717) is 19.0 Å². The van der Waals surface area contributed by atoms with Gasteiger partial charge in [0.2, 0.25) is 0 Å². The van der Waals surface area contributed by atoms with Crippen molar-refractivity contribution in [2.24, 2.45) is 5.92 Å². The van der Waals surface area contributed by atoms with Crippen molar-refractivity contribution in [3.05, 3.63) is 29.8 Å². The highest BCUT2D eigenvalue weighted by molar-refractivity contribution is 5.85. The standard InChI is InChI=1S/C18H25F3N2O2.ClH/c1-13(25-16-6-4-3-5-15(16)18(19,20)21)17(24)23-11-8-14(9-12-23)7-10-22-2;/h3-6,13-14,22H,7-12H2,1-2H3;1H. The summed E-state index contributed by atoms with van der Waals surface area (Å²) in [6, 6.07) is 4.98.